The number of amides is 1. The molecule has 3 aromatic rings. The minimum Gasteiger partial charge on any atom is -0.493 e. The normalized spacial score (nSPS) is 15.9. The molecule has 1 aliphatic heterocycles. The van der Waals surface area contributed by atoms with E-state index in [-0.39, 0.29) is 5.91 Å². The van der Waals surface area contributed by atoms with Gasteiger partial charge in [-0.25, -0.2) is 4.98 Å². The first-order valence-electron chi connectivity index (χ1n) is 9.58. The highest BCUT2D eigenvalue weighted by Crippen LogP contribution is 2.30. The lowest BCUT2D eigenvalue weighted by Crippen LogP contribution is -2.23. The number of ether oxygens (including phenoxy) is 2. The Hall–Kier alpha value is -3.02. The number of hydrogen-bond donors (Lipinski definition) is 1. The molecule has 0 fully saturated rings. The van der Waals surface area contributed by atoms with E-state index in [1.54, 1.807) is 14.2 Å². The van der Waals surface area contributed by atoms with Gasteiger partial charge >= 0.3 is 0 Å². The number of aryl methyl sites for hydroxylation is 1. The molecule has 2 heterocycles. The lowest BCUT2D eigenvalue weighted by molar-refractivity contribution is 0.0950. The van der Waals surface area contributed by atoms with E-state index in [4.69, 9.17) is 14.5 Å². The molecule has 0 saturated carbocycles. The monoisotopic (exact) mass is 379 g/mol. The first kappa shape index (κ1) is 18.3. The Morgan fingerprint density at radius 2 is 2.11 bits per heavy atom. The maximum absolute atomic E-state index is 12.7. The van der Waals surface area contributed by atoms with Crippen LogP contribution >= 0.6 is 0 Å². The molecule has 6 heteroatoms. The van der Waals surface area contributed by atoms with Gasteiger partial charge in [-0.2, -0.15) is 0 Å². The van der Waals surface area contributed by atoms with Gasteiger partial charge in [-0.3, -0.25) is 4.79 Å². The third kappa shape index (κ3) is 3.30. The minimum atomic E-state index is -0.133. The number of aromatic nitrogens is 2. The third-order valence-electron chi connectivity index (χ3n) is 5.39. The molecule has 28 heavy (non-hydrogen) atoms. The standard InChI is InChI=1S/C22H25N3O3/c1-14-9-10-25-18-8-7-15(12-17(18)24-20(25)11-14)22(26)23-13-16-5-4-6-19(27-2)21(16)28-3/h4-8,12,14H,9-11,13H2,1-3H3,(H,23,26)/t14-/m0/s1. The van der Waals surface area contributed by atoms with Crippen molar-refractivity contribution >= 4 is 16.9 Å². The summed E-state index contributed by atoms with van der Waals surface area (Å²) in [6.07, 6.45) is 2.16. The van der Waals surface area contributed by atoms with Crippen LogP contribution in [0.2, 0.25) is 0 Å². The molecular formula is C22H25N3O3. The predicted molar refractivity (Wildman–Crippen MR) is 108 cm³/mol. The highest BCUT2D eigenvalue weighted by atomic mass is 16.5. The number of para-hydroxylation sites is 1. The number of benzene rings is 2. The second-order valence-electron chi connectivity index (χ2n) is 7.32. The highest BCUT2D eigenvalue weighted by molar-refractivity contribution is 5.97. The van der Waals surface area contributed by atoms with Crippen molar-refractivity contribution in [1.82, 2.24) is 14.9 Å². The first-order chi connectivity index (χ1) is 13.6. The molecule has 1 aromatic heterocycles. The van der Waals surface area contributed by atoms with Crippen LogP contribution in [0.15, 0.2) is 36.4 Å². The molecule has 6 nitrogen and oxygen atoms in total. The molecule has 0 saturated heterocycles. The predicted octanol–water partition coefficient (Wildman–Crippen LogP) is 3.57. The minimum absolute atomic E-state index is 0.133. The summed E-state index contributed by atoms with van der Waals surface area (Å²) in [7, 11) is 3.19. The lowest BCUT2D eigenvalue weighted by atomic mass is 10.0. The van der Waals surface area contributed by atoms with Crippen LogP contribution in [-0.2, 0) is 19.5 Å². The zero-order chi connectivity index (χ0) is 19.7. The maximum Gasteiger partial charge on any atom is 0.251 e. The molecule has 0 aliphatic carbocycles. The van der Waals surface area contributed by atoms with E-state index in [1.807, 2.05) is 36.4 Å². The molecule has 0 radical (unpaired) electrons. The summed E-state index contributed by atoms with van der Waals surface area (Å²) in [5.41, 5.74) is 3.46. The van der Waals surface area contributed by atoms with Gasteiger partial charge in [0, 0.05) is 30.6 Å². The van der Waals surface area contributed by atoms with Crippen molar-refractivity contribution in [1.29, 1.82) is 0 Å². The first-order valence-corrected chi connectivity index (χ1v) is 9.58. The van der Waals surface area contributed by atoms with Crippen molar-refractivity contribution in [3.8, 4) is 11.5 Å². The molecule has 0 bridgehead atoms. The lowest BCUT2D eigenvalue weighted by Gasteiger charge is -2.20. The Bertz CT molecular complexity index is 1030. The number of rotatable bonds is 5. The van der Waals surface area contributed by atoms with Gasteiger partial charge in [-0.05, 0) is 36.6 Å². The van der Waals surface area contributed by atoms with Crippen molar-refractivity contribution < 1.29 is 14.3 Å². The summed E-state index contributed by atoms with van der Waals surface area (Å²) in [6.45, 7) is 3.61. The van der Waals surface area contributed by atoms with E-state index in [0.717, 1.165) is 35.4 Å². The van der Waals surface area contributed by atoms with Gasteiger partial charge < -0.3 is 19.4 Å². The molecule has 1 amide bonds. The zero-order valence-corrected chi connectivity index (χ0v) is 16.5. The van der Waals surface area contributed by atoms with E-state index in [2.05, 4.69) is 16.8 Å². The van der Waals surface area contributed by atoms with Crippen molar-refractivity contribution in [2.75, 3.05) is 14.2 Å². The fourth-order valence-electron chi connectivity index (χ4n) is 3.86. The number of fused-ring (bicyclic) bond motifs is 3. The Morgan fingerprint density at radius 1 is 1.25 bits per heavy atom. The van der Waals surface area contributed by atoms with Crippen molar-refractivity contribution in [3.63, 3.8) is 0 Å². The fourth-order valence-corrected chi connectivity index (χ4v) is 3.86. The molecule has 1 atom stereocenters. The summed E-state index contributed by atoms with van der Waals surface area (Å²) in [5.74, 6) is 2.92. The van der Waals surface area contributed by atoms with Gasteiger partial charge in [-0.15, -0.1) is 0 Å². The van der Waals surface area contributed by atoms with E-state index in [1.165, 1.54) is 6.42 Å². The molecule has 1 N–H and O–H groups in total. The summed E-state index contributed by atoms with van der Waals surface area (Å²) in [6, 6.07) is 11.4. The van der Waals surface area contributed by atoms with Gasteiger partial charge in [0.1, 0.15) is 5.82 Å². The van der Waals surface area contributed by atoms with E-state index in [0.29, 0.717) is 29.5 Å². The second kappa shape index (κ2) is 7.54. The topological polar surface area (TPSA) is 65.4 Å². The number of carbonyl (C=O) groups excluding carboxylic acids is 1. The van der Waals surface area contributed by atoms with E-state index >= 15 is 0 Å². The number of nitrogens with one attached hydrogen (secondary N) is 1. The maximum atomic E-state index is 12.7. The van der Waals surface area contributed by atoms with E-state index in [9.17, 15) is 4.79 Å². The SMILES string of the molecule is COc1cccc(CNC(=O)c2ccc3c(c2)nc2n3CC[C@H](C)C2)c1OC. The average Bonchev–Trinajstić information content (AvgIpc) is 3.07. The summed E-state index contributed by atoms with van der Waals surface area (Å²) in [4.78, 5) is 17.5. The number of carbonyl (C=O) groups is 1. The average molecular weight is 379 g/mol. The van der Waals surface area contributed by atoms with Crippen LogP contribution in [-0.4, -0.2) is 29.7 Å². The summed E-state index contributed by atoms with van der Waals surface area (Å²) < 4.78 is 13.0. The van der Waals surface area contributed by atoms with E-state index < -0.39 is 0 Å². The van der Waals surface area contributed by atoms with Crippen LogP contribution in [0.5, 0.6) is 11.5 Å². The molecule has 0 unspecified atom stereocenters. The van der Waals surface area contributed by atoms with Gasteiger partial charge in [0.05, 0.1) is 25.3 Å². The zero-order valence-electron chi connectivity index (χ0n) is 16.5. The largest absolute Gasteiger partial charge is 0.493 e. The van der Waals surface area contributed by atoms with Crippen LogP contribution in [0.1, 0.15) is 35.1 Å². The number of hydrogen-bond acceptors (Lipinski definition) is 4. The molecule has 0 spiro atoms. The number of imidazole rings is 1. The Kier molecular flexibility index (Phi) is 4.94. The van der Waals surface area contributed by atoms with Crippen LogP contribution in [0.3, 0.4) is 0 Å². The number of nitrogens with zero attached hydrogens (tertiary/aromatic N) is 2. The van der Waals surface area contributed by atoms with Crippen LogP contribution in [0, 0.1) is 5.92 Å². The summed E-state index contributed by atoms with van der Waals surface area (Å²) in [5, 5.41) is 2.97. The molecule has 146 valence electrons. The fraction of sp³-hybridized carbons (Fsp3) is 0.364. The molecule has 1 aliphatic rings. The molecule has 2 aromatic carbocycles. The van der Waals surface area contributed by atoms with Gasteiger partial charge in [0.25, 0.3) is 5.91 Å². The van der Waals surface area contributed by atoms with Gasteiger partial charge in [-0.1, -0.05) is 19.1 Å². The van der Waals surface area contributed by atoms with Crippen molar-refractivity contribution in [2.24, 2.45) is 5.92 Å². The number of methoxy groups -OCH3 is 2. The van der Waals surface area contributed by atoms with Gasteiger partial charge in [0.2, 0.25) is 0 Å². The second-order valence-corrected chi connectivity index (χ2v) is 7.32. The van der Waals surface area contributed by atoms with Crippen LogP contribution < -0.4 is 14.8 Å². The third-order valence-corrected chi connectivity index (χ3v) is 5.39. The highest BCUT2D eigenvalue weighted by Gasteiger charge is 2.20. The summed E-state index contributed by atoms with van der Waals surface area (Å²) >= 11 is 0. The smallest absolute Gasteiger partial charge is 0.251 e. The van der Waals surface area contributed by atoms with Crippen LogP contribution in [0.25, 0.3) is 11.0 Å². The molecule has 4 rings (SSSR count). The Morgan fingerprint density at radius 3 is 2.89 bits per heavy atom. The Labute approximate surface area is 164 Å². The van der Waals surface area contributed by atoms with Gasteiger partial charge in [0.15, 0.2) is 11.5 Å². The quantitative estimate of drug-likeness (QED) is 0.736. The molecular weight excluding hydrogens is 354 g/mol. The Balaban J connectivity index is 1.53. The van der Waals surface area contributed by atoms with Crippen molar-refractivity contribution in [2.45, 2.75) is 32.9 Å². The van der Waals surface area contributed by atoms with Crippen LogP contribution in [0.4, 0.5) is 0 Å². The van der Waals surface area contributed by atoms with Crippen molar-refractivity contribution in [3.05, 3.63) is 53.3 Å².